The van der Waals surface area contributed by atoms with Crippen molar-refractivity contribution in [2.75, 3.05) is 39.8 Å². The topological polar surface area (TPSA) is 249 Å². The van der Waals surface area contributed by atoms with E-state index >= 15 is 0 Å². The Hall–Kier alpha value is -3.92. The molecule has 5 amide bonds. The summed E-state index contributed by atoms with van der Waals surface area (Å²) in [5.74, 6) is -5.89. The molecule has 2 heterocycles. The molecular weight excluding hydrogens is 693 g/mol. The van der Waals surface area contributed by atoms with Crippen LogP contribution in [0.1, 0.15) is 73.6 Å². The number of aliphatic carboxylic acids is 1. The molecule has 0 aromatic heterocycles. The first-order chi connectivity index (χ1) is 24.5. The third kappa shape index (κ3) is 8.64. The predicted octanol–water partition coefficient (Wildman–Crippen LogP) is 1.73. The fourth-order valence-corrected chi connectivity index (χ4v) is 8.59. The van der Waals surface area contributed by atoms with Gasteiger partial charge < -0.3 is 36.6 Å². The van der Waals surface area contributed by atoms with Gasteiger partial charge in [0.25, 0.3) is 11.8 Å². The van der Waals surface area contributed by atoms with Gasteiger partial charge >= 0.3 is 19.6 Å². The number of carbonyl (C=O) groups excluding carboxylic acids is 4. The number of urea groups is 1. The predicted molar refractivity (Wildman–Crippen MR) is 194 cm³/mol. The Kier molecular flexibility index (Phi) is 13.2. The van der Waals surface area contributed by atoms with Crippen molar-refractivity contribution >= 4 is 48.1 Å². The number of carboxylic acids is 1. The minimum Gasteiger partial charge on any atom is -0.480 e. The maximum atomic E-state index is 14.1. The minimum absolute atomic E-state index is 0.0767. The molecule has 1 saturated heterocycles. The lowest BCUT2D eigenvalue weighted by atomic mass is 9.72. The van der Waals surface area contributed by atoms with E-state index in [0.717, 1.165) is 4.90 Å². The van der Waals surface area contributed by atoms with Crippen LogP contribution in [0.5, 0.6) is 0 Å². The van der Waals surface area contributed by atoms with Crippen molar-refractivity contribution in [2.45, 2.75) is 76.3 Å². The second kappa shape index (κ2) is 16.8. The van der Waals surface area contributed by atoms with Crippen LogP contribution in [0.15, 0.2) is 36.4 Å². The molecule has 16 nitrogen and oxygen atoms in total. The number of nitrogens with one attached hydrogen (secondary N) is 2. The van der Waals surface area contributed by atoms with Crippen molar-refractivity contribution in [3.63, 3.8) is 0 Å². The van der Waals surface area contributed by atoms with Crippen LogP contribution >= 0.6 is 7.60 Å². The highest BCUT2D eigenvalue weighted by atomic mass is 31.2. The summed E-state index contributed by atoms with van der Waals surface area (Å²) >= 11 is 0. The SMILES string of the molecule is CC[C@]1(C(CCCN)C(NC(=O)C(CC(C)C)N[C@H](CCN2C(=O)c3cccc4cccc(c34)C2=O)P(=O)(O)O)C(=O)O)CN(C(N)=O)CCN1C. The molecular formula is C35H52N7O9P. The van der Waals surface area contributed by atoms with Crippen molar-refractivity contribution in [1.82, 2.24) is 25.3 Å². The van der Waals surface area contributed by atoms with Gasteiger partial charge in [0.1, 0.15) is 11.8 Å². The van der Waals surface area contributed by atoms with Crippen LogP contribution in [-0.2, 0) is 14.2 Å². The summed E-state index contributed by atoms with van der Waals surface area (Å²) < 4.78 is 12.9. The number of hydrogen-bond donors (Lipinski definition) is 7. The quantitative estimate of drug-likeness (QED) is 0.0904. The van der Waals surface area contributed by atoms with Gasteiger partial charge in [-0.3, -0.25) is 34.1 Å². The number of nitrogens with zero attached hydrogens (tertiary/aromatic N) is 3. The highest BCUT2D eigenvalue weighted by Crippen LogP contribution is 2.43. The molecule has 0 aliphatic carbocycles. The molecule has 0 spiro atoms. The van der Waals surface area contributed by atoms with E-state index < -0.39 is 73.1 Å². The lowest BCUT2D eigenvalue weighted by Gasteiger charge is -2.54. The molecule has 0 saturated carbocycles. The second-order valence-corrected chi connectivity index (χ2v) is 16.0. The first kappa shape index (κ1) is 40.8. The van der Waals surface area contributed by atoms with E-state index in [2.05, 4.69) is 10.6 Å². The second-order valence-electron chi connectivity index (χ2n) is 14.2. The molecule has 2 aliphatic heterocycles. The standard InChI is InChI=1S/C35H52N7O9P/c1-5-35(20-41(34(37)48)18-17-40(35)4)25(13-8-15-36)29(33(46)47)39-30(43)26(19-21(2)3)38-27(52(49,50)51)14-16-42-31(44)23-11-6-9-22-10-7-12-24(28(22)23)32(42)45/h6-7,9-12,21,25-27,29,38H,5,8,13-20,36H2,1-4H3,(H2,37,48)(H,39,43)(H,46,47)(H2,49,50,51)/t25?,26?,27-,29?,35+/m0/s1. The van der Waals surface area contributed by atoms with Gasteiger partial charge in [-0.1, -0.05) is 45.0 Å². The van der Waals surface area contributed by atoms with Crippen LogP contribution in [-0.4, -0.2) is 122 Å². The molecule has 4 rings (SSSR count). The minimum atomic E-state index is -5.01. The number of carbonyl (C=O) groups is 5. The molecule has 2 aliphatic rings. The van der Waals surface area contributed by atoms with Crippen molar-refractivity contribution in [3.8, 4) is 0 Å². The normalized spacial score (nSPS) is 20.5. The van der Waals surface area contributed by atoms with E-state index in [9.17, 15) is 43.4 Å². The fourth-order valence-electron chi connectivity index (χ4n) is 7.77. The van der Waals surface area contributed by atoms with Gasteiger partial charge in [0.2, 0.25) is 5.91 Å². The average molecular weight is 746 g/mol. The molecule has 9 N–H and O–H groups in total. The molecule has 0 radical (unpaired) electrons. The summed E-state index contributed by atoms with van der Waals surface area (Å²) in [6.07, 6.45) is 0.824. The van der Waals surface area contributed by atoms with Crippen LogP contribution in [0.4, 0.5) is 4.79 Å². The molecule has 2 aromatic carbocycles. The van der Waals surface area contributed by atoms with E-state index in [-0.39, 0.29) is 32.0 Å². The average Bonchev–Trinajstić information content (AvgIpc) is 3.08. The zero-order chi connectivity index (χ0) is 38.5. The van der Waals surface area contributed by atoms with Crippen LogP contribution in [0, 0.1) is 11.8 Å². The Morgan fingerprint density at radius 3 is 2.13 bits per heavy atom. The number of rotatable bonds is 17. The smallest absolute Gasteiger partial charge is 0.342 e. The zero-order valence-electron chi connectivity index (χ0n) is 30.2. The summed E-state index contributed by atoms with van der Waals surface area (Å²) in [4.78, 5) is 91.6. The van der Waals surface area contributed by atoms with Crippen LogP contribution in [0.2, 0.25) is 0 Å². The number of piperazine rings is 1. The van der Waals surface area contributed by atoms with Crippen molar-refractivity contribution in [2.24, 2.45) is 23.3 Å². The molecule has 286 valence electrons. The summed E-state index contributed by atoms with van der Waals surface area (Å²) in [5, 5.41) is 17.3. The first-order valence-corrected chi connectivity index (χ1v) is 19.3. The van der Waals surface area contributed by atoms with Gasteiger partial charge in [-0.25, -0.2) is 9.59 Å². The number of primary amides is 1. The molecule has 1 fully saturated rings. The Morgan fingerprint density at radius 1 is 1.02 bits per heavy atom. The highest BCUT2D eigenvalue weighted by molar-refractivity contribution is 7.52. The third-order valence-corrected chi connectivity index (χ3v) is 11.8. The largest absolute Gasteiger partial charge is 0.480 e. The number of imide groups is 1. The Labute approximate surface area is 303 Å². The van der Waals surface area contributed by atoms with Gasteiger partial charge in [0, 0.05) is 54.1 Å². The zero-order valence-corrected chi connectivity index (χ0v) is 31.1. The van der Waals surface area contributed by atoms with Gasteiger partial charge in [-0.2, -0.15) is 0 Å². The summed E-state index contributed by atoms with van der Waals surface area (Å²) in [6.45, 7) is 6.27. The van der Waals surface area contributed by atoms with E-state index in [1.54, 1.807) is 50.2 Å². The van der Waals surface area contributed by atoms with Crippen LogP contribution < -0.4 is 22.1 Å². The molecule has 52 heavy (non-hydrogen) atoms. The summed E-state index contributed by atoms with van der Waals surface area (Å²) in [7, 11) is -3.17. The van der Waals surface area contributed by atoms with Gasteiger partial charge in [-0.15, -0.1) is 0 Å². The number of benzene rings is 2. The van der Waals surface area contributed by atoms with Crippen LogP contribution in [0.25, 0.3) is 10.8 Å². The highest BCUT2D eigenvalue weighted by Gasteiger charge is 2.51. The van der Waals surface area contributed by atoms with Crippen molar-refractivity contribution in [3.05, 3.63) is 47.5 Å². The molecule has 17 heteroatoms. The number of carboxylic acid groups (broad SMARTS) is 1. The molecule has 0 bridgehead atoms. The van der Waals surface area contributed by atoms with E-state index in [4.69, 9.17) is 11.5 Å². The Balaban J connectivity index is 1.61. The summed E-state index contributed by atoms with van der Waals surface area (Å²) in [5.41, 5.74) is 11.2. The fraction of sp³-hybridized carbons (Fsp3) is 0.571. The Morgan fingerprint density at radius 2 is 1.63 bits per heavy atom. The maximum absolute atomic E-state index is 14.1. The first-order valence-electron chi connectivity index (χ1n) is 17.6. The van der Waals surface area contributed by atoms with Gasteiger partial charge in [-0.05, 0) is 69.1 Å². The van der Waals surface area contributed by atoms with E-state index in [1.807, 2.05) is 18.9 Å². The summed E-state index contributed by atoms with van der Waals surface area (Å²) in [6, 6.07) is 6.76. The van der Waals surface area contributed by atoms with Gasteiger partial charge in [0.05, 0.1) is 6.04 Å². The monoisotopic (exact) mass is 745 g/mol. The lowest BCUT2D eigenvalue weighted by Crippen LogP contribution is -2.69. The van der Waals surface area contributed by atoms with E-state index in [0.29, 0.717) is 54.3 Å². The number of likely N-dealkylation sites (N-methyl/N-ethyl adjacent to an activating group) is 1. The molecule has 5 atom stereocenters. The maximum Gasteiger partial charge on any atom is 0.342 e. The molecule has 3 unspecified atom stereocenters. The van der Waals surface area contributed by atoms with Gasteiger partial charge in [0.15, 0.2) is 0 Å². The van der Waals surface area contributed by atoms with Crippen molar-refractivity contribution in [1.29, 1.82) is 0 Å². The van der Waals surface area contributed by atoms with E-state index in [1.165, 1.54) is 4.90 Å². The number of nitrogens with two attached hydrogens (primary N) is 2. The Bertz CT molecular complexity index is 1670. The number of hydrogen-bond acceptors (Lipinski definition) is 9. The molecule has 2 aromatic rings. The number of amides is 5. The lowest BCUT2D eigenvalue weighted by molar-refractivity contribution is -0.147. The third-order valence-electron chi connectivity index (χ3n) is 10.5. The van der Waals surface area contributed by atoms with Crippen LogP contribution in [0.3, 0.4) is 0 Å². The van der Waals surface area contributed by atoms with Crippen molar-refractivity contribution < 1.29 is 43.4 Å².